The van der Waals surface area contributed by atoms with E-state index in [4.69, 9.17) is 17.3 Å². The van der Waals surface area contributed by atoms with Crippen molar-refractivity contribution < 1.29 is 0 Å². The fourth-order valence-corrected chi connectivity index (χ4v) is 2.65. The highest BCUT2D eigenvalue weighted by Gasteiger charge is 2.03. The molecule has 0 radical (unpaired) electrons. The number of benzene rings is 1. The molecule has 1 heterocycles. The highest BCUT2D eigenvalue weighted by Crippen LogP contribution is 2.28. The Hall–Kier alpha value is -0.530. The van der Waals surface area contributed by atoms with Crippen molar-refractivity contribution >= 4 is 61.3 Å². The lowest BCUT2D eigenvalue weighted by Gasteiger charge is -2.05. The number of hydrogen-bond acceptors (Lipinski definition) is 4. The zero-order valence-corrected chi connectivity index (χ0v) is 11.2. The molecule has 0 saturated carbocycles. The second-order valence-electron chi connectivity index (χ2n) is 2.82. The van der Waals surface area contributed by atoms with Crippen molar-refractivity contribution in [1.29, 1.82) is 0 Å². The maximum absolute atomic E-state index is 5.86. The van der Waals surface area contributed by atoms with Gasteiger partial charge in [-0.05, 0) is 40.8 Å². The summed E-state index contributed by atoms with van der Waals surface area (Å²) in [6.07, 6.45) is 1.63. The van der Waals surface area contributed by atoms with E-state index in [1.165, 1.54) is 11.3 Å². The molecule has 3 nitrogen and oxygen atoms in total. The summed E-state index contributed by atoms with van der Waals surface area (Å²) in [6.45, 7) is 0. The zero-order valence-electron chi connectivity index (χ0n) is 7.50. The third kappa shape index (κ3) is 2.73. The Kier molecular flexibility index (Phi) is 3.32. The zero-order chi connectivity index (χ0) is 10.8. The molecule has 0 spiro atoms. The largest absolute Gasteiger partial charge is 0.389 e. The molecule has 0 aliphatic rings. The van der Waals surface area contributed by atoms with Crippen molar-refractivity contribution in [3.8, 4) is 0 Å². The fraction of sp³-hybridized carbons (Fsp3) is 0. The van der Waals surface area contributed by atoms with E-state index in [0.717, 1.165) is 19.4 Å². The first-order valence-electron chi connectivity index (χ1n) is 4.08. The number of nitrogens with zero attached hydrogens (tertiary/aromatic N) is 1. The van der Waals surface area contributed by atoms with Gasteiger partial charge in [0.25, 0.3) is 0 Å². The molecule has 1 aromatic carbocycles. The lowest BCUT2D eigenvalue weighted by Crippen LogP contribution is -1.91. The predicted molar refractivity (Wildman–Crippen MR) is 74.0 cm³/mol. The van der Waals surface area contributed by atoms with Gasteiger partial charge in [-0.1, -0.05) is 22.9 Å². The normalized spacial score (nSPS) is 10.3. The van der Waals surface area contributed by atoms with Gasteiger partial charge in [0.1, 0.15) is 5.00 Å². The maximum Gasteiger partial charge on any atom is 0.189 e. The van der Waals surface area contributed by atoms with E-state index in [1.807, 2.05) is 18.2 Å². The second kappa shape index (κ2) is 4.54. The van der Waals surface area contributed by atoms with Crippen LogP contribution in [0.1, 0.15) is 0 Å². The Morgan fingerprint density at radius 1 is 1.47 bits per heavy atom. The summed E-state index contributed by atoms with van der Waals surface area (Å²) >= 11 is 9.49. The summed E-state index contributed by atoms with van der Waals surface area (Å²) in [4.78, 5) is 4.12. The van der Waals surface area contributed by atoms with Crippen molar-refractivity contribution in [1.82, 2.24) is 4.98 Å². The van der Waals surface area contributed by atoms with E-state index < -0.39 is 0 Å². The van der Waals surface area contributed by atoms with Gasteiger partial charge in [0.15, 0.2) is 5.13 Å². The number of thiazole rings is 1. The number of halogens is 2. The van der Waals surface area contributed by atoms with Crippen molar-refractivity contribution in [2.45, 2.75) is 0 Å². The molecule has 78 valence electrons. The molecule has 0 saturated heterocycles. The van der Waals surface area contributed by atoms with E-state index in [9.17, 15) is 0 Å². The molecular formula is C9H7ClIN3S. The molecule has 15 heavy (non-hydrogen) atoms. The van der Waals surface area contributed by atoms with Crippen molar-refractivity contribution in [3.05, 3.63) is 33.0 Å². The van der Waals surface area contributed by atoms with Crippen LogP contribution in [0.5, 0.6) is 0 Å². The minimum atomic E-state index is 0.696. The SMILES string of the molecule is Nc1cnc(Nc2ccc(Cl)cc2I)s1. The lowest BCUT2D eigenvalue weighted by atomic mass is 10.3. The standard InChI is InChI=1S/C9H7ClIN3S/c10-5-1-2-7(6(11)3-5)14-9-13-4-8(12)15-9/h1-4H,12H2,(H,13,14). The van der Waals surface area contributed by atoms with Gasteiger partial charge in [-0.15, -0.1) is 0 Å². The molecule has 2 rings (SSSR count). The number of nitrogen functional groups attached to an aromatic ring is 1. The van der Waals surface area contributed by atoms with Crippen LogP contribution in [0.2, 0.25) is 5.02 Å². The number of nitrogens with two attached hydrogens (primary N) is 1. The van der Waals surface area contributed by atoms with Gasteiger partial charge < -0.3 is 11.1 Å². The van der Waals surface area contributed by atoms with Gasteiger partial charge in [0.05, 0.1) is 11.9 Å². The van der Waals surface area contributed by atoms with Crippen LogP contribution in [0.15, 0.2) is 24.4 Å². The maximum atomic E-state index is 5.86. The topological polar surface area (TPSA) is 50.9 Å². The molecule has 0 unspecified atom stereocenters. The van der Waals surface area contributed by atoms with Crippen LogP contribution < -0.4 is 11.1 Å². The third-order valence-electron chi connectivity index (χ3n) is 1.70. The molecule has 3 N–H and O–H groups in total. The molecule has 0 amide bonds. The van der Waals surface area contributed by atoms with Gasteiger partial charge in [0, 0.05) is 8.59 Å². The Bertz CT molecular complexity index is 486. The van der Waals surface area contributed by atoms with Crippen LogP contribution in [-0.4, -0.2) is 4.98 Å². The summed E-state index contributed by atoms with van der Waals surface area (Å²) in [5.41, 5.74) is 6.57. The van der Waals surface area contributed by atoms with Crippen molar-refractivity contribution in [3.63, 3.8) is 0 Å². The third-order valence-corrected chi connectivity index (χ3v) is 3.57. The van der Waals surface area contributed by atoms with Crippen LogP contribution >= 0.6 is 45.5 Å². The number of rotatable bonds is 2. The first-order chi connectivity index (χ1) is 7.15. The van der Waals surface area contributed by atoms with Crippen molar-refractivity contribution in [2.24, 2.45) is 0 Å². The van der Waals surface area contributed by atoms with E-state index in [2.05, 4.69) is 32.9 Å². The molecule has 0 fully saturated rings. The van der Waals surface area contributed by atoms with Gasteiger partial charge in [-0.3, -0.25) is 0 Å². The smallest absolute Gasteiger partial charge is 0.189 e. The number of aromatic nitrogens is 1. The summed E-state index contributed by atoms with van der Waals surface area (Å²) in [5.74, 6) is 0. The first kappa shape index (κ1) is 11.0. The van der Waals surface area contributed by atoms with Gasteiger partial charge >= 0.3 is 0 Å². The Labute approximate surface area is 110 Å². The quantitative estimate of drug-likeness (QED) is 0.811. The van der Waals surface area contributed by atoms with Crippen molar-refractivity contribution in [2.75, 3.05) is 11.1 Å². The van der Waals surface area contributed by atoms with Crippen LogP contribution in [0.3, 0.4) is 0 Å². The number of hydrogen-bond donors (Lipinski definition) is 2. The van der Waals surface area contributed by atoms with E-state index >= 15 is 0 Å². The first-order valence-corrected chi connectivity index (χ1v) is 6.36. The van der Waals surface area contributed by atoms with Gasteiger partial charge in [-0.2, -0.15) is 0 Å². The minimum absolute atomic E-state index is 0.696. The van der Waals surface area contributed by atoms with Gasteiger partial charge in [0.2, 0.25) is 0 Å². The predicted octanol–water partition coefficient (Wildman–Crippen LogP) is 3.73. The highest BCUT2D eigenvalue weighted by molar-refractivity contribution is 14.1. The lowest BCUT2D eigenvalue weighted by molar-refractivity contribution is 1.39. The monoisotopic (exact) mass is 351 g/mol. The number of nitrogens with one attached hydrogen (secondary N) is 1. The van der Waals surface area contributed by atoms with Crippen LogP contribution in [0.4, 0.5) is 15.8 Å². The van der Waals surface area contributed by atoms with Crippen LogP contribution in [0, 0.1) is 3.57 Å². The Morgan fingerprint density at radius 2 is 2.27 bits per heavy atom. The molecule has 1 aromatic heterocycles. The summed E-state index contributed by atoms with van der Waals surface area (Å²) < 4.78 is 1.05. The molecule has 0 bridgehead atoms. The van der Waals surface area contributed by atoms with Gasteiger partial charge in [-0.25, -0.2) is 4.98 Å². The van der Waals surface area contributed by atoms with E-state index in [-0.39, 0.29) is 0 Å². The summed E-state index contributed by atoms with van der Waals surface area (Å²) in [5, 5.41) is 5.39. The Balaban J connectivity index is 2.24. The molecule has 0 atom stereocenters. The van der Waals surface area contributed by atoms with E-state index in [1.54, 1.807) is 6.20 Å². The average molecular weight is 352 g/mol. The highest BCUT2D eigenvalue weighted by atomic mass is 127. The number of anilines is 3. The Morgan fingerprint density at radius 3 is 2.87 bits per heavy atom. The second-order valence-corrected chi connectivity index (χ2v) is 5.48. The summed E-state index contributed by atoms with van der Waals surface area (Å²) in [6, 6.07) is 5.64. The summed E-state index contributed by atoms with van der Waals surface area (Å²) in [7, 11) is 0. The minimum Gasteiger partial charge on any atom is -0.389 e. The average Bonchev–Trinajstić information content (AvgIpc) is 2.56. The molecular weight excluding hydrogens is 345 g/mol. The molecule has 6 heteroatoms. The molecule has 0 aliphatic carbocycles. The molecule has 2 aromatic rings. The van der Waals surface area contributed by atoms with Crippen LogP contribution in [-0.2, 0) is 0 Å². The molecule has 0 aliphatic heterocycles. The van der Waals surface area contributed by atoms with Crippen LogP contribution in [0.25, 0.3) is 0 Å². The fourth-order valence-electron chi connectivity index (χ4n) is 1.05. The van der Waals surface area contributed by atoms with E-state index in [0.29, 0.717) is 5.00 Å².